The Hall–Kier alpha value is -4.02. The maximum atomic E-state index is 12.4. The molecule has 6 nitrogen and oxygen atoms in total. The number of thioether (sulfide) groups is 1. The van der Waals surface area contributed by atoms with E-state index in [1.165, 1.54) is 0 Å². The van der Waals surface area contributed by atoms with E-state index in [4.69, 9.17) is 4.74 Å². The molecule has 2 N–H and O–H groups in total. The maximum Gasteiger partial charge on any atom is 0.234 e. The molecule has 4 rings (SSSR count). The standard InChI is InChI=1S/C28H25N3O3S/c1-19-6-5-9-22(14-19)30-27(33)18-35-28-25(16-29)24(15-26(32)31-28)21-10-12-23(13-11-21)34-17-20-7-3-2-4-8-20/h2-14,24H,15,17-18H2,1H3,(H,30,33)(H,31,32)/t24-/m0/s1. The van der Waals surface area contributed by atoms with Gasteiger partial charge in [-0.15, -0.1) is 0 Å². The number of nitriles is 1. The van der Waals surface area contributed by atoms with Crippen LogP contribution in [0, 0.1) is 18.3 Å². The van der Waals surface area contributed by atoms with E-state index in [1.54, 1.807) is 0 Å². The average molecular weight is 484 g/mol. The van der Waals surface area contributed by atoms with Gasteiger partial charge >= 0.3 is 0 Å². The van der Waals surface area contributed by atoms with Gasteiger partial charge in [0.25, 0.3) is 0 Å². The van der Waals surface area contributed by atoms with Crippen molar-refractivity contribution in [2.24, 2.45) is 0 Å². The Balaban J connectivity index is 1.43. The van der Waals surface area contributed by atoms with Crippen molar-refractivity contribution < 1.29 is 14.3 Å². The lowest BCUT2D eigenvalue weighted by Crippen LogP contribution is -2.31. The summed E-state index contributed by atoms with van der Waals surface area (Å²) < 4.78 is 5.85. The SMILES string of the molecule is Cc1cccc(NC(=O)CSC2=C(C#N)[C@H](c3ccc(OCc4ccccc4)cc3)CC(=O)N2)c1. The van der Waals surface area contributed by atoms with Crippen LogP contribution in [0.1, 0.15) is 29.0 Å². The van der Waals surface area contributed by atoms with E-state index in [0.29, 0.717) is 28.6 Å². The number of amides is 2. The quantitative estimate of drug-likeness (QED) is 0.455. The minimum atomic E-state index is -0.376. The number of carbonyl (C=O) groups is 2. The lowest BCUT2D eigenvalue weighted by Gasteiger charge is -2.25. The van der Waals surface area contributed by atoms with Gasteiger partial charge in [-0.1, -0.05) is 66.4 Å². The second-order valence-electron chi connectivity index (χ2n) is 8.21. The first-order valence-electron chi connectivity index (χ1n) is 11.2. The Morgan fingerprint density at radius 1 is 1.11 bits per heavy atom. The largest absolute Gasteiger partial charge is 0.489 e. The highest BCUT2D eigenvalue weighted by molar-refractivity contribution is 8.03. The van der Waals surface area contributed by atoms with Crippen LogP contribution in [0.4, 0.5) is 5.69 Å². The summed E-state index contributed by atoms with van der Waals surface area (Å²) in [5, 5.41) is 15.9. The first kappa shape index (κ1) is 24.1. The smallest absolute Gasteiger partial charge is 0.234 e. The van der Waals surface area contributed by atoms with Crippen molar-refractivity contribution in [1.82, 2.24) is 5.32 Å². The monoisotopic (exact) mass is 483 g/mol. The number of hydrogen-bond donors (Lipinski definition) is 2. The first-order chi connectivity index (χ1) is 17.0. The number of rotatable bonds is 8. The van der Waals surface area contributed by atoms with Gasteiger partial charge < -0.3 is 15.4 Å². The zero-order valence-corrected chi connectivity index (χ0v) is 20.1. The van der Waals surface area contributed by atoms with Gasteiger partial charge in [-0.05, 0) is 47.9 Å². The predicted molar refractivity (Wildman–Crippen MR) is 138 cm³/mol. The Morgan fingerprint density at radius 2 is 1.89 bits per heavy atom. The van der Waals surface area contributed by atoms with Crippen molar-refractivity contribution in [2.45, 2.75) is 25.9 Å². The third-order valence-corrected chi connectivity index (χ3v) is 6.55. The molecule has 2 amide bonds. The van der Waals surface area contributed by atoms with Crippen LogP contribution >= 0.6 is 11.8 Å². The molecule has 1 aliphatic heterocycles. The number of nitrogens with zero attached hydrogens (tertiary/aromatic N) is 1. The van der Waals surface area contributed by atoms with Gasteiger partial charge in [0.15, 0.2) is 0 Å². The molecule has 1 atom stereocenters. The summed E-state index contributed by atoms with van der Waals surface area (Å²) in [4.78, 5) is 24.9. The van der Waals surface area contributed by atoms with E-state index < -0.39 is 0 Å². The topological polar surface area (TPSA) is 91.2 Å². The molecule has 1 aliphatic rings. The summed E-state index contributed by atoms with van der Waals surface area (Å²) in [5.41, 5.74) is 4.14. The zero-order valence-electron chi connectivity index (χ0n) is 19.3. The fraction of sp³-hybridized carbons (Fsp3) is 0.179. The van der Waals surface area contributed by atoms with Crippen molar-refractivity contribution in [3.63, 3.8) is 0 Å². The van der Waals surface area contributed by atoms with Crippen molar-refractivity contribution in [1.29, 1.82) is 5.26 Å². The molecule has 0 aliphatic carbocycles. The molecule has 0 radical (unpaired) electrons. The molecule has 0 bridgehead atoms. The third kappa shape index (κ3) is 6.52. The van der Waals surface area contributed by atoms with Crippen molar-refractivity contribution >= 4 is 29.3 Å². The van der Waals surface area contributed by atoms with E-state index in [2.05, 4.69) is 16.7 Å². The number of benzene rings is 3. The number of nitrogens with one attached hydrogen (secondary N) is 2. The lowest BCUT2D eigenvalue weighted by atomic mass is 9.87. The number of anilines is 1. The van der Waals surface area contributed by atoms with Crippen LogP contribution in [0.15, 0.2) is 89.5 Å². The predicted octanol–water partition coefficient (Wildman–Crippen LogP) is 5.28. The molecule has 0 aromatic heterocycles. The highest BCUT2D eigenvalue weighted by Gasteiger charge is 2.30. The minimum absolute atomic E-state index is 0.0771. The first-order valence-corrected chi connectivity index (χ1v) is 12.2. The second-order valence-corrected chi connectivity index (χ2v) is 9.19. The number of hydrogen-bond acceptors (Lipinski definition) is 5. The Bertz CT molecular complexity index is 1280. The number of carbonyl (C=O) groups excluding carboxylic acids is 2. The van der Waals surface area contributed by atoms with E-state index in [-0.39, 0.29) is 29.9 Å². The van der Waals surface area contributed by atoms with Crippen molar-refractivity contribution in [3.8, 4) is 11.8 Å². The Labute approximate surface area is 209 Å². The zero-order chi connectivity index (χ0) is 24.6. The summed E-state index contributed by atoms with van der Waals surface area (Å²) in [6.07, 6.45) is 0.173. The van der Waals surface area contributed by atoms with Crippen molar-refractivity contribution in [2.75, 3.05) is 11.1 Å². The average Bonchev–Trinajstić information content (AvgIpc) is 2.87. The maximum absolute atomic E-state index is 12.4. The van der Waals surface area contributed by atoms with Gasteiger partial charge in [0, 0.05) is 18.0 Å². The van der Waals surface area contributed by atoms with E-state index in [1.807, 2.05) is 85.8 Å². The van der Waals surface area contributed by atoms with Crippen LogP contribution in [0.2, 0.25) is 0 Å². The molecule has 0 saturated carbocycles. The number of allylic oxidation sites excluding steroid dienone is 1. The summed E-state index contributed by atoms with van der Waals surface area (Å²) in [6.45, 7) is 2.41. The Morgan fingerprint density at radius 3 is 2.60 bits per heavy atom. The molecule has 1 heterocycles. The van der Waals surface area contributed by atoms with Crippen LogP contribution in [-0.2, 0) is 16.2 Å². The highest BCUT2D eigenvalue weighted by atomic mass is 32.2. The molecular formula is C28H25N3O3S. The second kappa shape index (κ2) is 11.4. The van der Waals surface area contributed by atoms with E-state index in [0.717, 1.165) is 28.5 Å². The summed E-state index contributed by atoms with van der Waals surface area (Å²) >= 11 is 1.16. The van der Waals surface area contributed by atoms with Gasteiger partial charge in [-0.25, -0.2) is 0 Å². The molecule has 7 heteroatoms. The van der Waals surface area contributed by atoms with Gasteiger partial charge in [-0.2, -0.15) is 5.26 Å². The van der Waals surface area contributed by atoms with Crippen LogP contribution < -0.4 is 15.4 Å². The lowest BCUT2D eigenvalue weighted by molar-refractivity contribution is -0.121. The highest BCUT2D eigenvalue weighted by Crippen LogP contribution is 2.36. The van der Waals surface area contributed by atoms with Gasteiger partial charge in [0.05, 0.1) is 22.4 Å². The third-order valence-electron chi connectivity index (χ3n) is 5.54. The molecule has 0 spiro atoms. The molecule has 3 aromatic rings. The van der Waals surface area contributed by atoms with Gasteiger partial charge in [0.1, 0.15) is 12.4 Å². The van der Waals surface area contributed by atoms with Gasteiger partial charge in [-0.3, -0.25) is 9.59 Å². The van der Waals surface area contributed by atoms with Crippen LogP contribution in [0.5, 0.6) is 5.75 Å². The molecule has 0 saturated heterocycles. The van der Waals surface area contributed by atoms with Crippen LogP contribution in [0.3, 0.4) is 0 Å². The molecule has 3 aromatic carbocycles. The van der Waals surface area contributed by atoms with Crippen molar-refractivity contribution in [3.05, 3.63) is 106 Å². The Kier molecular flexibility index (Phi) is 7.86. The molecule has 0 fully saturated rings. The molecular weight excluding hydrogens is 458 g/mol. The van der Waals surface area contributed by atoms with Gasteiger partial charge in [0.2, 0.25) is 11.8 Å². The number of ether oxygens (including phenoxy) is 1. The minimum Gasteiger partial charge on any atom is -0.489 e. The van der Waals surface area contributed by atoms with Crippen LogP contribution in [-0.4, -0.2) is 17.6 Å². The van der Waals surface area contributed by atoms with Crippen LogP contribution in [0.25, 0.3) is 0 Å². The number of aryl methyl sites for hydroxylation is 1. The van der Waals surface area contributed by atoms with E-state index in [9.17, 15) is 14.9 Å². The summed E-state index contributed by atoms with van der Waals surface area (Å²) in [6, 6.07) is 27.1. The normalized spacial score (nSPS) is 15.2. The fourth-order valence-corrected chi connectivity index (χ4v) is 4.69. The molecule has 176 valence electrons. The fourth-order valence-electron chi connectivity index (χ4n) is 3.81. The summed E-state index contributed by atoms with van der Waals surface area (Å²) in [7, 11) is 0. The van der Waals surface area contributed by atoms with E-state index >= 15 is 0 Å². The summed E-state index contributed by atoms with van der Waals surface area (Å²) in [5.74, 6) is 0.0250. The molecule has 35 heavy (non-hydrogen) atoms. The molecule has 0 unspecified atom stereocenters.